The van der Waals surface area contributed by atoms with Gasteiger partial charge in [-0.1, -0.05) is 38.5 Å². The molecular weight excluding hydrogens is 229 g/mol. The smallest absolute Gasteiger partial charge is 0.422 e. The zero-order valence-corrected chi connectivity index (χ0v) is 10.5. The molecule has 0 aromatic heterocycles. The molecule has 0 aliphatic heterocycles. The van der Waals surface area contributed by atoms with E-state index in [0.29, 0.717) is 5.75 Å². The summed E-state index contributed by atoms with van der Waals surface area (Å²) >= 11 is 0. The number of benzene rings is 1. The van der Waals surface area contributed by atoms with E-state index in [2.05, 4.69) is 0 Å². The first-order valence-electron chi connectivity index (χ1n) is 5.40. The number of rotatable bonds is 2. The minimum absolute atomic E-state index is 0.243. The quantitative estimate of drug-likeness (QED) is 0.758. The van der Waals surface area contributed by atoms with Gasteiger partial charge in [0.1, 0.15) is 5.75 Å². The third kappa shape index (κ3) is 4.29. The van der Waals surface area contributed by atoms with Gasteiger partial charge in [-0.3, -0.25) is 0 Å². The summed E-state index contributed by atoms with van der Waals surface area (Å²) in [5.41, 5.74) is 1.56. The van der Waals surface area contributed by atoms with Gasteiger partial charge in [-0.2, -0.15) is 13.2 Å². The third-order valence-corrected chi connectivity index (χ3v) is 2.33. The predicted molar refractivity (Wildman–Crippen MR) is 61.4 cm³/mol. The number of hydrogen-bond donors (Lipinski definition) is 0. The second-order valence-corrected chi connectivity index (χ2v) is 5.15. The monoisotopic (exact) mass is 246 g/mol. The molecule has 0 saturated heterocycles. The van der Waals surface area contributed by atoms with Crippen LogP contribution < -0.4 is 4.74 Å². The van der Waals surface area contributed by atoms with Crippen molar-refractivity contribution in [3.63, 3.8) is 0 Å². The van der Waals surface area contributed by atoms with Gasteiger partial charge in [-0.05, 0) is 24.0 Å². The van der Waals surface area contributed by atoms with Crippen molar-refractivity contribution in [1.82, 2.24) is 0 Å². The number of ether oxygens (including phenoxy) is 1. The highest BCUT2D eigenvalue weighted by atomic mass is 19.4. The van der Waals surface area contributed by atoms with E-state index in [1.807, 2.05) is 33.8 Å². The molecule has 0 aliphatic carbocycles. The Bertz CT molecular complexity index is 389. The van der Waals surface area contributed by atoms with E-state index in [0.717, 1.165) is 11.1 Å². The molecule has 0 heterocycles. The van der Waals surface area contributed by atoms with E-state index in [1.54, 1.807) is 12.1 Å². The van der Waals surface area contributed by atoms with E-state index < -0.39 is 12.8 Å². The van der Waals surface area contributed by atoms with Crippen LogP contribution in [0.15, 0.2) is 18.2 Å². The molecule has 0 unspecified atom stereocenters. The first-order chi connectivity index (χ1) is 7.59. The minimum atomic E-state index is -4.31. The third-order valence-electron chi connectivity index (χ3n) is 2.33. The maximum Gasteiger partial charge on any atom is 0.422 e. The Hall–Kier alpha value is -1.19. The van der Waals surface area contributed by atoms with Gasteiger partial charge in [-0.25, -0.2) is 0 Å². The second-order valence-electron chi connectivity index (χ2n) is 5.15. The van der Waals surface area contributed by atoms with Crippen LogP contribution in [0.4, 0.5) is 13.2 Å². The first-order valence-corrected chi connectivity index (χ1v) is 5.40. The van der Waals surface area contributed by atoms with Gasteiger partial charge in [0.2, 0.25) is 0 Å². The van der Waals surface area contributed by atoms with E-state index in [9.17, 15) is 13.2 Å². The fourth-order valence-corrected chi connectivity index (χ4v) is 1.52. The maximum absolute atomic E-state index is 12.1. The Morgan fingerprint density at radius 1 is 1.12 bits per heavy atom. The SMILES string of the molecule is Cc1ccc(OCC(F)(F)F)c(C(C)(C)C)c1. The molecule has 0 saturated carbocycles. The topological polar surface area (TPSA) is 9.23 Å². The van der Waals surface area contributed by atoms with Crippen molar-refractivity contribution in [2.75, 3.05) is 6.61 Å². The molecule has 4 heteroatoms. The Morgan fingerprint density at radius 3 is 2.18 bits per heavy atom. The molecule has 0 aliphatic rings. The molecule has 0 amide bonds. The lowest BCUT2D eigenvalue weighted by Gasteiger charge is -2.23. The molecule has 0 radical (unpaired) electrons. The molecule has 0 atom stereocenters. The zero-order valence-electron chi connectivity index (χ0n) is 10.5. The number of alkyl halides is 3. The molecule has 1 rings (SSSR count). The van der Waals surface area contributed by atoms with Crippen LogP contribution in [0, 0.1) is 6.92 Å². The van der Waals surface area contributed by atoms with Crippen LogP contribution in [0.5, 0.6) is 5.75 Å². The van der Waals surface area contributed by atoms with Crippen molar-refractivity contribution >= 4 is 0 Å². The molecule has 1 aromatic carbocycles. The number of halogens is 3. The van der Waals surface area contributed by atoms with Crippen molar-refractivity contribution in [3.05, 3.63) is 29.3 Å². The molecule has 0 spiro atoms. The molecule has 1 nitrogen and oxygen atoms in total. The Morgan fingerprint density at radius 2 is 1.71 bits per heavy atom. The maximum atomic E-state index is 12.1. The minimum Gasteiger partial charge on any atom is -0.484 e. The van der Waals surface area contributed by atoms with Crippen LogP contribution in [-0.4, -0.2) is 12.8 Å². The van der Waals surface area contributed by atoms with Crippen LogP contribution in [0.2, 0.25) is 0 Å². The van der Waals surface area contributed by atoms with E-state index in [4.69, 9.17) is 4.74 Å². The summed E-state index contributed by atoms with van der Waals surface area (Å²) in [7, 11) is 0. The van der Waals surface area contributed by atoms with Crippen LogP contribution in [0.3, 0.4) is 0 Å². The average Bonchev–Trinajstić information content (AvgIpc) is 2.13. The summed E-state index contributed by atoms with van der Waals surface area (Å²) in [4.78, 5) is 0. The molecule has 1 aromatic rings. The summed E-state index contributed by atoms with van der Waals surface area (Å²) in [5.74, 6) is 0.306. The highest BCUT2D eigenvalue weighted by Gasteiger charge is 2.29. The Kier molecular flexibility index (Phi) is 3.74. The standard InChI is InChI=1S/C13H17F3O/c1-9-5-6-11(17-8-13(14,15)16)10(7-9)12(2,3)4/h5-7H,8H2,1-4H3. The van der Waals surface area contributed by atoms with Gasteiger partial charge in [0, 0.05) is 0 Å². The van der Waals surface area contributed by atoms with E-state index in [1.165, 1.54) is 0 Å². The van der Waals surface area contributed by atoms with Gasteiger partial charge in [0.25, 0.3) is 0 Å². The van der Waals surface area contributed by atoms with Crippen LogP contribution in [-0.2, 0) is 5.41 Å². The Balaban J connectivity index is 2.99. The van der Waals surface area contributed by atoms with Crippen molar-refractivity contribution < 1.29 is 17.9 Å². The average molecular weight is 246 g/mol. The predicted octanol–water partition coefficient (Wildman–Crippen LogP) is 4.23. The highest BCUT2D eigenvalue weighted by molar-refractivity contribution is 5.41. The summed E-state index contributed by atoms with van der Waals surface area (Å²) in [6.07, 6.45) is -4.31. The highest BCUT2D eigenvalue weighted by Crippen LogP contribution is 2.33. The number of hydrogen-bond acceptors (Lipinski definition) is 1. The molecular formula is C13H17F3O. The van der Waals surface area contributed by atoms with Crippen molar-refractivity contribution in [1.29, 1.82) is 0 Å². The summed E-state index contributed by atoms with van der Waals surface area (Å²) in [6.45, 7) is 6.49. The second kappa shape index (κ2) is 4.59. The van der Waals surface area contributed by atoms with Gasteiger partial charge in [-0.15, -0.1) is 0 Å². The van der Waals surface area contributed by atoms with E-state index in [-0.39, 0.29) is 5.41 Å². The summed E-state index contributed by atoms with van der Waals surface area (Å²) in [6, 6.07) is 5.22. The molecule has 0 fully saturated rings. The largest absolute Gasteiger partial charge is 0.484 e. The van der Waals surface area contributed by atoms with Crippen molar-refractivity contribution in [3.8, 4) is 5.75 Å². The van der Waals surface area contributed by atoms with Gasteiger partial charge >= 0.3 is 6.18 Å². The molecule has 96 valence electrons. The number of aryl methyl sites for hydroxylation is 1. The normalized spacial score (nSPS) is 12.6. The van der Waals surface area contributed by atoms with Crippen LogP contribution in [0.1, 0.15) is 31.9 Å². The van der Waals surface area contributed by atoms with Crippen molar-refractivity contribution in [2.24, 2.45) is 0 Å². The lowest BCUT2D eigenvalue weighted by molar-refractivity contribution is -0.153. The zero-order chi connectivity index (χ0) is 13.3. The fourth-order valence-electron chi connectivity index (χ4n) is 1.52. The van der Waals surface area contributed by atoms with Gasteiger partial charge in [0.15, 0.2) is 6.61 Å². The summed E-state index contributed by atoms with van der Waals surface area (Å²) in [5, 5.41) is 0. The molecule has 0 N–H and O–H groups in total. The van der Waals surface area contributed by atoms with Gasteiger partial charge < -0.3 is 4.74 Å². The Labute approximate surface area is 99.6 Å². The van der Waals surface area contributed by atoms with Crippen molar-refractivity contribution in [2.45, 2.75) is 39.3 Å². The summed E-state index contributed by atoms with van der Waals surface area (Å²) < 4.78 is 41.2. The van der Waals surface area contributed by atoms with Crippen LogP contribution in [0.25, 0.3) is 0 Å². The molecule has 0 bridgehead atoms. The van der Waals surface area contributed by atoms with Crippen LogP contribution >= 0.6 is 0 Å². The fraction of sp³-hybridized carbons (Fsp3) is 0.538. The lowest BCUT2D eigenvalue weighted by Crippen LogP contribution is -2.21. The lowest BCUT2D eigenvalue weighted by atomic mass is 9.85. The molecule has 17 heavy (non-hydrogen) atoms. The van der Waals surface area contributed by atoms with Gasteiger partial charge in [0.05, 0.1) is 0 Å². The first kappa shape index (κ1) is 13.9. The van der Waals surface area contributed by atoms with E-state index >= 15 is 0 Å².